The van der Waals surface area contributed by atoms with Gasteiger partial charge >= 0.3 is 5.69 Å². The van der Waals surface area contributed by atoms with Gasteiger partial charge in [0.05, 0.1) is 27.0 Å². The zero-order valence-electron chi connectivity index (χ0n) is 10.4. The van der Waals surface area contributed by atoms with Crippen molar-refractivity contribution in [1.82, 2.24) is 9.97 Å². The molecule has 1 heterocycles. The largest absolute Gasteiger partial charge is 0.496 e. The number of imidazole rings is 1. The van der Waals surface area contributed by atoms with E-state index in [0.717, 1.165) is 0 Å². The van der Waals surface area contributed by atoms with E-state index in [2.05, 4.69) is 9.97 Å². The molecule has 1 aromatic carbocycles. The summed E-state index contributed by atoms with van der Waals surface area (Å²) in [5.74, 6) is 1.72. The summed E-state index contributed by atoms with van der Waals surface area (Å²) in [6, 6.07) is 3.45. The maximum absolute atomic E-state index is 11.1. The predicted molar refractivity (Wildman–Crippen MR) is 66.5 cm³/mol. The second-order valence-electron chi connectivity index (χ2n) is 3.56. The summed E-state index contributed by atoms with van der Waals surface area (Å²) in [5.41, 5.74) is 1.06. The van der Waals surface area contributed by atoms with Crippen molar-refractivity contribution in [3.63, 3.8) is 0 Å². The summed E-state index contributed by atoms with van der Waals surface area (Å²) < 4.78 is 15.7. The number of methoxy groups -OCH3 is 3. The van der Waals surface area contributed by atoms with Gasteiger partial charge in [-0.1, -0.05) is 0 Å². The third kappa shape index (κ3) is 2.04. The first-order chi connectivity index (χ1) is 8.69. The minimum atomic E-state index is -0.276. The second kappa shape index (κ2) is 4.87. The van der Waals surface area contributed by atoms with E-state index >= 15 is 0 Å². The lowest BCUT2D eigenvalue weighted by Gasteiger charge is -2.12. The van der Waals surface area contributed by atoms with E-state index in [0.29, 0.717) is 28.5 Å². The molecule has 0 unspecified atom stereocenters. The Kier molecular flexibility index (Phi) is 3.27. The molecular weight excluding hydrogens is 236 g/mol. The number of rotatable bonds is 4. The van der Waals surface area contributed by atoms with E-state index < -0.39 is 0 Å². The first-order valence-corrected chi connectivity index (χ1v) is 5.27. The van der Waals surface area contributed by atoms with E-state index in [1.54, 1.807) is 39.7 Å². The zero-order valence-corrected chi connectivity index (χ0v) is 10.4. The molecular formula is C12H14N2O4. The smallest absolute Gasteiger partial charge is 0.323 e. The summed E-state index contributed by atoms with van der Waals surface area (Å²) in [5, 5.41) is 0. The van der Waals surface area contributed by atoms with Crippen molar-refractivity contribution in [2.24, 2.45) is 0 Å². The molecule has 0 bridgehead atoms. The average Bonchev–Trinajstić information content (AvgIpc) is 2.83. The molecule has 1 aromatic heterocycles. The zero-order chi connectivity index (χ0) is 13.1. The standard InChI is InChI=1S/C12H14N2O4/c1-16-9-5-11(18-3)10(17-2)4-7(9)8-6-13-12(15)14-8/h4-6H,1-3H3,(H2,13,14,15). The third-order valence-corrected chi connectivity index (χ3v) is 2.59. The fourth-order valence-corrected chi connectivity index (χ4v) is 1.72. The van der Waals surface area contributed by atoms with E-state index in [9.17, 15) is 4.79 Å². The van der Waals surface area contributed by atoms with Crippen LogP contribution in [0.25, 0.3) is 11.3 Å². The Hall–Kier alpha value is -2.37. The van der Waals surface area contributed by atoms with Crippen LogP contribution in [0.1, 0.15) is 0 Å². The van der Waals surface area contributed by atoms with Crippen molar-refractivity contribution in [3.8, 4) is 28.5 Å². The van der Waals surface area contributed by atoms with Gasteiger partial charge < -0.3 is 24.2 Å². The maximum atomic E-state index is 11.1. The predicted octanol–water partition coefficient (Wildman–Crippen LogP) is 1.40. The molecule has 0 fully saturated rings. The quantitative estimate of drug-likeness (QED) is 0.859. The fraction of sp³-hybridized carbons (Fsp3) is 0.250. The lowest BCUT2D eigenvalue weighted by molar-refractivity contribution is 0.349. The highest BCUT2D eigenvalue weighted by Crippen LogP contribution is 2.38. The summed E-state index contributed by atoms with van der Waals surface area (Å²) in [7, 11) is 4.65. The van der Waals surface area contributed by atoms with Gasteiger partial charge in [0.1, 0.15) is 5.75 Å². The molecule has 0 atom stereocenters. The van der Waals surface area contributed by atoms with Crippen LogP contribution in [0.3, 0.4) is 0 Å². The maximum Gasteiger partial charge on any atom is 0.323 e. The number of hydrogen-bond donors (Lipinski definition) is 2. The average molecular weight is 250 g/mol. The highest BCUT2D eigenvalue weighted by molar-refractivity contribution is 5.71. The molecule has 0 amide bonds. The van der Waals surface area contributed by atoms with E-state index in [1.165, 1.54) is 0 Å². The molecule has 0 saturated heterocycles. The molecule has 96 valence electrons. The summed E-state index contributed by atoms with van der Waals surface area (Å²) >= 11 is 0. The number of ether oxygens (including phenoxy) is 3. The van der Waals surface area contributed by atoms with Gasteiger partial charge in [-0.25, -0.2) is 4.79 Å². The van der Waals surface area contributed by atoms with Crippen LogP contribution in [0.5, 0.6) is 17.2 Å². The van der Waals surface area contributed by atoms with E-state index in [4.69, 9.17) is 14.2 Å². The molecule has 2 N–H and O–H groups in total. The Morgan fingerprint density at radius 1 is 0.944 bits per heavy atom. The number of hydrogen-bond acceptors (Lipinski definition) is 4. The molecule has 18 heavy (non-hydrogen) atoms. The van der Waals surface area contributed by atoms with Crippen molar-refractivity contribution in [1.29, 1.82) is 0 Å². The van der Waals surface area contributed by atoms with Crippen LogP contribution in [0.15, 0.2) is 23.1 Å². The molecule has 0 radical (unpaired) electrons. The molecule has 6 nitrogen and oxygen atoms in total. The second-order valence-corrected chi connectivity index (χ2v) is 3.56. The summed E-state index contributed by atoms with van der Waals surface area (Å²) in [6.07, 6.45) is 1.58. The topological polar surface area (TPSA) is 76.3 Å². The van der Waals surface area contributed by atoms with Gasteiger partial charge in [0.15, 0.2) is 11.5 Å². The number of H-pyrrole nitrogens is 2. The van der Waals surface area contributed by atoms with Crippen molar-refractivity contribution in [3.05, 3.63) is 28.8 Å². The molecule has 2 aromatic rings. The Morgan fingerprint density at radius 3 is 2.06 bits per heavy atom. The summed E-state index contributed by atoms with van der Waals surface area (Å²) in [4.78, 5) is 16.3. The van der Waals surface area contributed by atoms with Crippen LogP contribution in [0.4, 0.5) is 0 Å². The minimum absolute atomic E-state index is 0.276. The highest BCUT2D eigenvalue weighted by atomic mass is 16.5. The van der Waals surface area contributed by atoms with Crippen LogP contribution in [-0.2, 0) is 0 Å². The Balaban J connectivity index is 2.62. The first-order valence-electron chi connectivity index (χ1n) is 5.27. The van der Waals surface area contributed by atoms with Gasteiger partial charge in [-0.2, -0.15) is 0 Å². The van der Waals surface area contributed by atoms with Crippen LogP contribution in [0, 0.1) is 0 Å². The van der Waals surface area contributed by atoms with Crippen LogP contribution < -0.4 is 19.9 Å². The summed E-state index contributed by atoms with van der Waals surface area (Å²) in [6.45, 7) is 0. The van der Waals surface area contributed by atoms with Crippen molar-refractivity contribution < 1.29 is 14.2 Å². The molecule has 2 rings (SSSR count). The number of aromatic amines is 2. The molecule has 0 aliphatic rings. The lowest BCUT2D eigenvalue weighted by Crippen LogP contribution is -2.00. The normalized spacial score (nSPS) is 10.2. The molecule has 0 spiro atoms. The monoisotopic (exact) mass is 250 g/mol. The first kappa shape index (κ1) is 12.1. The van der Waals surface area contributed by atoms with Gasteiger partial charge in [0.25, 0.3) is 0 Å². The highest BCUT2D eigenvalue weighted by Gasteiger charge is 2.14. The van der Waals surface area contributed by atoms with Gasteiger partial charge in [-0.05, 0) is 6.07 Å². The van der Waals surface area contributed by atoms with E-state index in [-0.39, 0.29) is 5.69 Å². The Labute approximate surface area is 104 Å². The third-order valence-electron chi connectivity index (χ3n) is 2.59. The lowest BCUT2D eigenvalue weighted by atomic mass is 10.1. The van der Waals surface area contributed by atoms with Gasteiger partial charge in [0.2, 0.25) is 0 Å². The van der Waals surface area contributed by atoms with E-state index in [1.807, 2.05) is 0 Å². The Bertz CT molecular complexity index is 600. The van der Waals surface area contributed by atoms with Gasteiger partial charge in [-0.15, -0.1) is 0 Å². The van der Waals surface area contributed by atoms with Gasteiger partial charge in [0, 0.05) is 17.8 Å². The van der Waals surface area contributed by atoms with Crippen LogP contribution in [-0.4, -0.2) is 31.3 Å². The number of nitrogens with one attached hydrogen (secondary N) is 2. The number of aromatic nitrogens is 2. The van der Waals surface area contributed by atoms with Crippen molar-refractivity contribution >= 4 is 0 Å². The molecule has 0 aliphatic heterocycles. The van der Waals surface area contributed by atoms with Crippen LogP contribution in [0.2, 0.25) is 0 Å². The van der Waals surface area contributed by atoms with Crippen molar-refractivity contribution in [2.45, 2.75) is 0 Å². The van der Waals surface area contributed by atoms with Gasteiger partial charge in [-0.3, -0.25) is 0 Å². The SMILES string of the molecule is COc1cc(OC)c(-c2c[nH]c(=O)[nH]2)cc1OC. The fourth-order valence-electron chi connectivity index (χ4n) is 1.72. The Morgan fingerprint density at radius 2 is 1.56 bits per heavy atom. The van der Waals surface area contributed by atoms with Crippen molar-refractivity contribution in [2.75, 3.05) is 21.3 Å². The molecule has 0 saturated carbocycles. The number of benzene rings is 1. The van der Waals surface area contributed by atoms with Crippen LogP contribution >= 0.6 is 0 Å². The molecule has 0 aliphatic carbocycles. The minimum Gasteiger partial charge on any atom is -0.496 e. The molecule has 6 heteroatoms.